The van der Waals surface area contributed by atoms with Gasteiger partial charge in [-0.1, -0.05) is 12.1 Å². The molecular formula is C25H29NO8. The summed E-state index contributed by atoms with van der Waals surface area (Å²) in [6, 6.07) is 9.12. The molecule has 0 spiro atoms. The predicted molar refractivity (Wildman–Crippen MR) is 125 cm³/mol. The summed E-state index contributed by atoms with van der Waals surface area (Å²) in [5, 5.41) is 11.2. The molecule has 1 unspecified atom stereocenters. The van der Waals surface area contributed by atoms with Crippen molar-refractivity contribution >= 4 is 17.4 Å². The molecule has 0 bridgehead atoms. The Bertz CT molecular complexity index is 1070. The van der Waals surface area contributed by atoms with Crippen LogP contribution in [0.4, 0.5) is 0 Å². The number of aliphatic hydroxyl groups excluding tert-OH is 1. The minimum atomic E-state index is -0.903. The molecule has 9 heteroatoms. The standard InChI is InChI=1S/C25H29NO8/c1-6-34-17-9-7-8-15(12-17)22(27)20-21(26(10-11-30-2)25(29)23(20)28)16-13-18(31-3)24(33-5)19(14-16)32-4/h7-9,12-14,21,27H,6,10-11H2,1-5H3/b22-20+. The van der Waals surface area contributed by atoms with Crippen molar-refractivity contribution in [3.8, 4) is 23.0 Å². The molecule has 1 atom stereocenters. The van der Waals surface area contributed by atoms with Crippen molar-refractivity contribution in [2.24, 2.45) is 0 Å². The van der Waals surface area contributed by atoms with E-state index in [0.29, 0.717) is 40.7 Å². The van der Waals surface area contributed by atoms with Gasteiger partial charge in [0.2, 0.25) is 5.75 Å². The molecule has 1 aliphatic heterocycles. The Kier molecular flexibility index (Phi) is 8.01. The van der Waals surface area contributed by atoms with Gasteiger partial charge in [0.25, 0.3) is 11.7 Å². The molecule has 2 aromatic carbocycles. The van der Waals surface area contributed by atoms with E-state index in [2.05, 4.69) is 0 Å². The number of nitrogens with zero attached hydrogens (tertiary/aromatic N) is 1. The molecule has 1 heterocycles. The number of methoxy groups -OCH3 is 4. The number of carbonyl (C=O) groups is 2. The highest BCUT2D eigenvalue weighted by atomic mass is 16.5. The molecule has 0 aromatic heterocycles. The van der Waals surface area contributed by atoms with Crippen LogP contribution in [0, 0.1) is 0 Å². The molecule has 1 fully saturated rings. The first-order valence-corrected chi connectivity index (χ1v) is 10.7. The van der Waals surface area contributed by atoms with E-state index in [4.69, 9.17) is 23.7 Å². The van der Waals surface area contributed by atoms with E-state index >= 15 is 0 Å². The average molecular weight is 472 g/mol. The third-order valence-corrected chi connectivity index (χ3v) is 5.50. The normalized spacial score (nSPS) is 17.1. The van der Waals surface area contributed by atoms with Crippen molar-refractivity contribution in [3.63, 3.8) is 0 Å². The predicted octanol–water partition coefficient (Wildman–Crippen LogP) is 3.18. The van der Waals surface area contributed by atoms with E-state index in [1.165, 1.54) is 33.3 Å². The average Bonchev–Trinajstić information content (AvgIpc) is 3.11. The molecule has 3 rings (SSSR count). The maximum atomic E-state index is 13.2. The molecular weight excluding hydrogens is 442 g/mol. The summed E-state index contributed by atoms with van der Waals surface area (Å²) in [5.74, 6) is -0.234. The van der Waals surface area contributed by atoms with Gasteiger partial charge in [-0.05, 0) is 36.8 Å². The fourth-order valence-electron chi connectivity index (χ4n) is 3.96. The van der Waals surface area contributed by atoms with Crippen LogP contribution in [0.15, 0.2) is 42.0 Å². The van der Waals surface area contributed by atoms with Gasteiger partial charge in [0.15, 0.2) is 11.5 Å². The van der Waals surface area contributed by atoms with Crippen LogP contribution in [0.5, 0.6) is 23.0 Å². The number of hydrogen-bond acceptors (Lipinski definition) is 8. The van der Waals surface area contributed by atoms with Crippen LogP contribution in [0.1, 0.15) is 24.1 Å². The lowest BCUT2D eigenvalue weighted by Crippen LogP contribution is -2.32. The first kappa shape index (κ1) is 24.9. The first-order valence-electron chi connectivity index (χ1n) is 10.7. The lowest BCUT2D eigenvalue weighted by molar-refractivity contribution is -0.140. The number of carbonyl (C=O) groups excluding carboxylic acids is 2. The second-order valence-corrected chi connectivity index (χ2v) is 7.40. The van der Waals surface area contributed by atoms with Gasteiger partial charge >= 0.3 is 0 Å². The minimum absolute atomic E-state index is 0.0518. The summed E-state index contributed by atoms with van der Waals surface area (Å²) >= 11 is 0. The molecule has 9 nitrogen and oxygen atoms in total. The number of likely N-dealkylation sites (tertiary alicyclic amines) is 1. The van der Waals surface area contributed by atoms with Crippen LogP contribution in [-0.4, -0.2) is 69.9 Å². The molecule has 1 N–H and O–H groups in total. The Hall–Kier alpha value is -3.72. The Morgan fingerprint density at radius 3 is 2.24 bits per heavy atom. The second kappa shape index (κ2) is 10.9. The number of amides is 1. The molecule has 1 amide bonds. The van der Waals surface area contributed by atoms with E-state index < -0.39 is 17.7 Å². The maximum Gasteiger partial charge on any atom is 0.295 e. The van der Waals surface area contributed by atoms with Crippen LogP contribution in [0.25, 0.3) is 5.76 Å². The number of ether oxygens (including phenoxy) is 5. The first-order chi connectivity index (χ1) is 16.4. The summed E-state index contributed by atoms with van der Waals surface area (Å²) in [4.78, 5) is 27.5. The van der Waals surface area contributed by atoms with Gasteiger partial charge < -0.3 is 33.7 Å². The summed E-state index contributed by atoms with van der Waals surface area (Å²) in [6.45, 7) is 2.63. The highest BCUT2D eigenvalue weighted by molar-refractivity contribution is 6.46. The Morgan fingerprint density at radius 1 is 1.00 bits per heavy atom. The SMILES string of the molecule is CCOc1cccc(/C(O)=C2\C(=O)C(=O)N(CCOC)C2c2cc(OC)c(OC)c(OC)c2)c1. The highest BCUT2D eigenvalue weighted by Gasteiger charge is 2.46. The van der Waals surface area contributed by atoms with Crippen molar-refractivity contribution < 1.29 is 38.4 Å². The Labute approximate surface area is 198 Å². The quantitative estimate of drug-likeness (QED) is 0.320. The molecule has 1 saturated heterocycles. The van der Waals surface area contributed by atoms with Gasteiger partial charge in [-0.3, -0.25) is 9.59 Å². The van der Waals surface area contributed by atoms with Crippen molar-refractivity contribution in [1.82, 2.24) is 4.90 Å². The number of aliphatic hydroxyl groups is 1. The van der Waals surface area contributed by atoms with Crippen LogP contribution in [0.3, 0.4) is 0 Å². The Morgan fingerprint density at radius 2 is 1.68 bits per heavy atom. The fraction of sp³-hybridized carbons (Fsp3) is 0.360. The van der Waals surface area contributed by atoms with Gasteiger partial charge in [0, 0.05) is 19.2 Å². The lowest BCUT2D eigenvalue weighted by atomic mass is 9.94. The van der Waals surface area contributed by atoms with Crippen molar-refractivity contribution in [1.29, 1.82) is 0 Å². The molecule has 2 aromatic rings. The number of ketones is 1. The summed E-state index contributed by atoms with van der Waals surface area (Å²) in [7, 11) is 5.94. The van der Waals surface area contributed by atoms with Gasteiger partial charge in [0.1, 0.15) is 11.5 Å². The summed E-state index contributed by atoms with van der Waals surface area (Å²) in [6.07, 6.45) is 0. The molecule has 182 valence electrons. The summed E-state index contributed by atoms with van der Waals surface area (Å²) < 4.78 is 27.0. The minimum Gasteiger partial charge on any atom is -0.507 e. The number of hydrogen-bond donors (Lipinski definition) is 1. The zero-order valence-electron chi connectivity index (χ0n) is 19.9. The van der Waals surface area contributed by atoms with Crippen LogP contribution < -0.4 is 18.9 Å². The highest BCUT2D eigenvalue weighted by Crippen LogP contribution is 2.45. The number of rotatable bonds is 10. The molecule has 34 heavy (non-hydrogen) atoms. The molecule has 0 saturated carbocycles. The third-order valence-electron chi connectivity index (χ3n) is 5.50. The van der Waals surface area contributed by atoms with Crippen molar-refractivity contribution in [3.05, 3.63) is 53.1 Å². The van der Waals surface area contributed by atoms with Crippen LogP contribution in [0.2, 0.25) is 0 Å². The zero-order chi connectivity index (χ0) is 24.8. The van der Waals surface area contributed by atoms with Crippen molar-refractivity contribution in [2.75, 3.05) is 48.2 Å². The lowest BCUT2D eigenvalue weighted by Gasteiger charge is -2.26. The second-order valence-electron chi connectivity index (χ2n) is 7.40. The Balaban J connectivity index is 2.24. The molecule has 0 radical (unpaired) electrons. The van der Waals surface area contributed by atoms with Crippen molar-refractivity contribution in [2.45, 2.75) is 13.0 Å². The topological polar surface area (TPSA) is 104 Å². The van der Waals surface area contributed by atoms with Crippen LogP contribution >= 0.6 is 0 Å². The van der Waals surface area contributed by atoms with E-state index in [1.54, 1.807) is 36.4 Å². The molecule has 1 aliphatic rings. The van der Waals surface area contributed by atoms with Gasteiger partial charge in [-0.2, -0.15) is 0 Å². The monoisotopic (exact) mass is 471 g/mol. The van der Waals surface area contributed by atoms with Crippen LogP contribution in [-0.2, 0) is 14.3 Å². The van der Waals surface area contributed by atoms with Gasteiger partial charge in [0.05, 0.1) is 46.2 Å². The fourth-order valence-corrected chi connectivity index (χ4v) is 3.96. The zero-order valence-corrected chi connectivity index (χ0v) is 19.9. The van der Waals surface area contributed by atoms with E-state index in [1.807, 2.05) is 6.92 Å². The maximum absolute atomic E-state index is 13.2. The third kappa shape index (κ3) is 4.65. The van der Waals surface area contributed by atoms with E-state index in [-0.39, 0.29) is 24.5 Å². The largest absolute Gasteiger partial charge is 0.507 e. The number of Topliss-reactive ketones (excluding diaryl/α,β-unsaturated/α-hetero) is 1. The van der Waals surface area contributed by atoms with Gasteiger partial charge in [-0.25, -0.2) is 0 Å². The number of benzene rings is 2. The smallest absolute Gasteiger partial charge is 0.295 e. The summed E-state index contributed by atoms with van der Waals surface area (Å²) in [5.41, 5.74) is 0.810. The van der Waals surface area contributed by atoms with E-state index in [9.17, 15) is 14.7 Å². The van der Waals surface area contributed by atoms with E-state index in [0.717, 1.165) is 0 Å². The molecule has 0 aliphatic carbocycles. The van der Waals surface area contributed by atoms with Gasteiger partial charge in [-0.15, -0.1) is 0 Å².